The van der Waals surface area contributed by atoms with Gasteiger partial charge in [-0.05, 0) is 49.2 Å². The Morgan fingerprint density at radius 1 is 1.09 bits per heavy atom. The number of carbonyl (C=O) groups is 1. The highest BCUT2D eigenvalue weighted by Crippen LogP contribution is 2.29. The molecule has 5 nitrogen and oxygen atoms in total. The van der Waals surface area contributed by atoms with E-state index in [0.717, 1.165) is 11.1 Å². The zero-order chi connectivity index (χ0) is 16.8. The Labute approximate surface area is 135 Å². The number of carbonyl (C=O) groups excluding carboxylic acids is 1. The lowest BCUT2D eigenvalue weighted by atomic mass is 10.1. The first kappa shape index (κ1) is 16.5. The van der Waals surface area contributed by atoms with E-state index in [2.05, 4.69) is 10.5 Å². The molecule has 0 aromatic heterocycles. The number of hydrazone groups is 1. The first-order valence-electron chi connectivity index (χ1n) is 7.18. The van der Waals surface area contributed by atoms with E-state index in [1.54, 1.807) is 26.4 Å². The van der Waals surface area contributed by atoms with E-state index in [4.69, 9.17) is 9.47 Å². The average Bonchev–Trinajstić information content (AvgIpc) is 2.56. The third-order valence-corrected chi connectivity index (χ3v) is 3.57. The minimum absolute atomic E-state index is 0.258. The number of benzene rings is 2. The number of aryl methyl sites for hydroxylation is 2. The summed E-state index contributed by atoms with van der Waals surface area (Å²) in [6, 6.07) is 11.0. The van der Waals surface area contributed by atoms with Gasteiger partial charge in [0.2, 0.25) is 0 Å². The summed E-state index contributed by atoms with van der Waals surface area (Å²) in [6.45, 7) is 3.97. The van der Waals surface area contributed by atoms with Crippen molar-refractivity contribution in [3.8, 4) is 11.5 Å². The maximum absolute atomic E-state index is 12.1. The number of hydrogen-bond donors (Lipinski definition) is 1. The summed E-state index contributed by atoms with van der Waals surface area (Å²) in [6.07, 6.45) is 1.53. The fourth-order valence-electron chi connectivity index (χ4n) is 2.12. The molecule has 0 unspecified atom stereocenters. The first-order chi connectivity index (χ1) is 11.1. The number of methoxy groups -OCH3 is 2. The fraction of sp³-hybridized carbons (Fsp3) is 0.222. The van der Waals surface area contributed by atoms with Crippen LogP contribution in [0.5, 0.6) is 11.5 Å². The molecule has 0 heterocycles. The molecule has 5 heteroatoms. The number of ether oxygens (including phenoxy) is 2. The smallest absolute Gasteiger partial charge is 0.271 e. The van der Waals surface area contributed by atoms with Crippen molar-refractivity contribution >= 4 is 12.1 Å². The molecule has 0 fully saturated rings. The van der Waals surface area contributed by atoms with E-state index in [9.17, 15) is 4.79 Å². The lowest BCUT2D eigenvalue weighted by Crippen LogP contribution is -2.17. The molecule has 2 aromatic rings. The Bertz CT molecular complexity index is 739. The van der Waals surface area contributed by atoms with Crippen LogP contribution < -0.4 is 14.9 Å². The van der Waals surface area contributed by atoms with Crippen molar-refractivity contribution in [3.63, 3.8) is 0 Å². The van der Waals surface area contributed by atoms with Crippen molar-refractivity contribution in [1.29, 1.82) is 0 Å². The zero-order valence-corrected chi connectivity index (χ0v) is 13.7. The number of nitrogens with one attached hydrogen (secondary N) is 1. The van der Waals surface area contributed by atoms with Crippen molar-refractivity contribution in [2.24, 2.45) is 5.10 Å². The van der Waals surface area contributed by atoms with Crippen LogP contribution in [0.3, 0.4) is 0 Å². The standard InChI is InChI=1S/C18H20N2O3/c1-12-8-9-14(10-13(12)2)18(21)20-19-11-15-6-5-7-16(22-3)17(15)23-4/h5-11H,1-4H3,(H,20,21). The van der Waals surface area contributed by atoms with Gasteiger partial charge in [0.25, 0.3) is 5.91 Å². The van der Waals surface area contributed by atoms with Gasteiger partial charge in [0.15, 0.2) is 11.5 Å². The summed E-state index contributed by atoms with van der Waals surface area (Å²) in [5, 5.41) is 3.99. The second-order valence-corrected chi connectivity index (χ2v) is 5.08. The van der Waals surface area contributed by atoms with Gasteiger partial charge in [-0.2, -0.15) is 5.10 Å². The van der Waals surface area contributed by atoms with Gasteiger partial charge >= 0.3 is 0 Å². The Morgan fingerprint density at radius 3 is 2.52 bits per heavy atom. The lowest BCUT2D eigenvalue weighted by Gasteiger charge is -2.09. The zero-order valence-electron chi connectivity index (χ0n) is 13.7. The van der Waals surface area contributed by atoms with E-state index in [1.165, 1.54) is 6.21 Å². The van der Waals surface area contributed by atoms with Gasteiger partial charge < -0.3 is 9.47 Å². The minimum atomic E-state index is -0.258. The molecule has 0 saturated heterocycles. The predicted octanol–water partition coefficient (Wildman–Crippen LogP) is 3.08. The number of para-hydroxylation sites is 1. The molecule has 0 radical (unpaired) electrons. The highest BCUT2D eigenvalue weighted by Gasteiger charge is 2.08. The SMILES string of the molecule is COc1cccc(C=NNC(=O)c2ccc(C)c(C)c2)c1OC. The van der Waals surface area contributed by atoms with Crippen molar-refractivity contribution in [2.75, 3.05) is 14.2 Å². The van der Waals surface area contributed by atoms with Crippen LogP contribution in [0.4, 0.5) is 0 Å². The number of rotatable bonds is 5. The molecular formula is C18H20N2O3. The summed E-state index contributed by atoms with van der Waals surface area (Å²) in [5.74, 6) is 0.919. The molecule has 0 atom stereocenters. The third-order valence-electron chi connectivity index (χ3n) is 3.57. The summed E-state index contributed by atoms with van der Waals surface area (Å²) >= 11 is 0. The van der Waals surface area contributed by atoms with E-state index < -0.39 is 0 Å². The summed E-state index contributed by atoms with van der Waals surface area (Å²) < 4.78 is 10.5. The maximum atomic E-state index is 12.1. The van der Waals surface area contributed by atoms with Crippen LogP contribution in [0.25, 0.3) is 0 Å². The van der Waals surface area contributed by atoms with Crippen LogP contribution >= 0.6 is 0 Å². The van der Waals surface area contributed by atoms with E-state index >= 15 is 0 Å². The predicted molar refractivity (Wildman–Crippen MR) is 90.5 cm³/mol. The third kappa shape index (κ3) is 3.88. The molecule has 0 spiro atoms. The first-order valence-corrected chi connectivity index (χ1v) is 7.18. The molecule has 1 amide bonds. The highest BCUT2D eigenvalue weighted by molar-refractivity contribution is 5.95. The topological polar surface area (TPSA) is 59.9 Å². The van der Waals surface area contributed by atoms with Crippen molar-refractivity contribution < 1.29 is 14.3 Å². The monoisotopic (exact) mass is 312 g/mol. The van der Waals surface area contributed by atoms with Gasteiger partial charge in [-0.1, -0.05) is 12.1 Å². The molecule has 0 aliphatic rings. The van der Waals surface area contributed by atoms with E-state index in [1.807, 2.05) is 38.1 Å². The molecule has 0 aliphatic heterocycles. The summed E-state index contributed by atoms with van der Waals surface area (Å²) in [5.41, 5.74) is 6.01. The molecule has 0 bridgehead atoms. The van der Waals surface area contributed by atoms with Crippen LogP contribution in [-0.4, -0.2) is 26.3 Å². The quantitative estimate of drug-likeness (QED) is 0.682. The second-order valence-electron chi connectivity index (χ2n) is 5.08. The largest absolute Gasteiger partial charge is 0.493 e. The maximum Gasteiger partial charge on any atom is 0.271 e. The highest BCUT2D eigenvalue weighted by atomic mass is 16.5. The van der Waals surface area contributed by atoms with E-state index in [0.29, 0.717) is 22.6 Å². The summed E-state index contributed by atoms with van der Waals surface area (Å²) in [4.78, 5) is 12.1. The Kier molecular flexibility index (Phi) is 5.36. The number of nitrogens with zero attached hydrogens (tertiary/aromatic N) is 1. The normalized spacial score (nSPS) is 10.6. The lowest BCUT2D eigenvalue weighted by molar-refractivity contribution is 0.0955. The number of amides is 1. The van der Waals surface area contributed by atoms with Crippen LogP contribution in [0.2, 0.25) is 0 Å². The fourth-order valence-corrected chi connectivity index (χ4v) is 2.12. The molecule has 0 aliphatic carbocycles. The van der Waals surface area contributed by atoms with Crippen molar-refractivity contribution in [2.45, 2.75) is 13.8 Å². The van der Waals surface area contributed by atoms with Gasteiger partial charge in [0.05, 0.1) is 20.4 Å². The van der Waals surface area contributed by atoms with Crippen LogP contribution in [0.15, 0.2) is 41.5 Å². The molecule has 0 saturated carbocycles. The van der Waals surface area contributed by atoms with Gasteiger partial charge in [0.1, 0.15) is 0 Å². The molecule has 1 N–H and O–H groups in total. The van der Waals surface area contributed by atoms with Crippen LogP contribution in [-0.2, 0) is 0 Å². The molecule has 2 aromatic carbocycles. The Hall–Kier alpha value is -2.82. The Morgan fingerprint density at radius 2 is 1.87 bits per heavy atom. The molecule has 2 rings (SSSR count). The minimum Gasteiger partial charge on any atom is -0.493 e. The van der Waals surface area contributed by atoms with Gasteiger partial charge in [0, 0.05) is 11.1 Å². The molecule has 23 heavy (non-hydrogen) atoms. The van der Waals surface area contributed by atoms with Gasteiger partial charge in [-0.15, -0.1) is 0 Å². The summed E-state index contributed by atoms with van der Waals surface area (Å²) in [7, 11) is 3.13. The van der Waals surface area contributed by atoms with Gasteiger partial charge in [-0.25, -0.2) is 5.43 Å². The van der Waals surface area contributed by atoms with Crippen molar-refractivity contribution in [3.05, 3.63) is 58.7 Å². The number of hydrogen-bond acceptors (Lipinski definition) is 4. The average molecular weight is 312 g/mol. The van der Waals surface area contributed by atoms with Crippen molar-refractivity contribution in [1.82, 2.24) is 5.43 Å². The Balaban J connectivity index is 2.12. The molecule has 120 valence electrons. The van der Waals surface area contributed by atoms with Gasteiger partial charge in [-0.3, -0.25) is 4.79 Å². The van der Waals surface area contributed by atoms with E-state index in [-0.39, 0.29) is 5.91 Å². The second kappa shape index (κ2) is 7.45. The van der Waals surface area contributed by atoms with Crippen LogP contribution in [0.1, 0.15) is 27.0 Å². The van der Waals surface area contributed by atoms with Crippen LogP contribution in [0, 0.1) is 13.8 Å². The molecular weight excluding hydrogens is 292 g/mol.